The van der Waals surface area contributed by atoms with E-state index in [9.17, 15) is 4.79 Å². The van der Waals surface area contributed by atoms with E-state index in [0.29, 0.717) is 16.3 Å². The van der Waals surface area contributed by atoms with Gasteiger partial charge in [0.25, 0.3) is 5.91 Å². The zero-order chi connectivity index (χ0) is 22.8. The fourth-order valence-electron chi connectivity index (χ4n) is 4.64. The monoisotopic (exact) mass is 457 g/mol. The average molecular weight is 458 g/mol. The second-order valence-electron chi connectivity index (χ2n) is 8.42. The molecular formula is C27H27N3O2S. The van der Waals surface area contributed by atoms with Gasteiger partial charge in [0.05, 0.1) is 12.8 Å². The number of nitrogens with zero attached hydrogens (tertiary/aromatic N) is 1. The highest BCUT2D eigenvalue weighted by Gasteiger charge is 2.25. The molecule has 2 aromatic heterocycles. The van der Waals surface area contributed by atoms with Crippen molar-refractivity contribution in [3.05, 3.63) is 81.9 Å². The second-order valence-corrected chi connectivity index (χ2v) is 9.42. The van der Waals surface area contributed by atoms with Gasteiger partial charge < -0.3 is 15.8 Å². The summed E-state index contributed by atoms with van der Waals surface area (Å²) in [5.74, 6) is 0.546. The van der Waals surface area contributed by atoms with E-state index < -0.39 is 0 Å². The maximum atomic E-state index is 13.1. The van der Waals surface area contributed by atoms with E-state index in [0.717, 1.165) is 53.8 Å². The van der Waals surface area contributed by atoms with Crippen molar-refractivity contribution in [2.24, 2.45) is 0 Å². The molecule has 1 aliphatic carbocycles. The number of anilines is 2. The highest BCUT2D eigenvalue weighted by Crippen LogP contribution is 2.40. The van der Waals surface area contributed by atoms with Crippen LogP contribution in [0.2, 0.25) is 0 Å². The SMILES string of the molecule is COc1ccc(NC(=O)c2sc3nc(CCc4ccccc4)c4c(c3c2N)CCCC4)cc1. The Bertz CT molecular complexity index is 1300. The predicted octanol–water partition coefficient (Wildman–Crippen LogP) is 5.80. The summed E-state index contributed by atoms with van der Waals surface area (Å²) in [6.07, 6.45) is 6.20. The number of nitrogen functional groups attached to an aromatic ring is 1. The lowest BCUT2D eigenvalue weighted by Gasteiger charge is -2.20. The van der Waals surface area contributed by atoms with Gasteiger partial charge in [-0.3, -0.25) is 4.79 Å². The number of carbonyl (C=O) groups is 1. The molecule has 1 amide bonds. The van der Waals surface area contributed by atoms with Gasteiger partial charge in [-0.15, -0.1) is 11.3 Å². The van der Waals surface area contributed by atoms with Crippen LogP contribution in [0.4, 0.5) is 11.4 Å². The van der Waals surface area contributed by atoms with Crippen molar-refractivity contribution in [3.8, 4) is 5.75 Å². The van der Waals surface area contributed by atoms with Gasteiger partial charge in [-0.25, -0.2) is 4.98 Å². The first kappa shape index (κ1) is 21.5. The lowest BCUT2D eigenvalue weighted by atomic mass is 9.87. The Morgan fingerprint density at radius 2 is 1.76 bits per heavy atom. The largest absolute Gasteiger partial charge is 0.497 e. The van der Waals surface area contributed by atoms with E-state index >= 15 is 0 Å². The number of carbonyl (C=O) groups excluding carboxylic acids is 1. The third-order valence-corrected chi connectivity index (χ3v) is 7.43. The van der Waals surface area contributed by atoms with Gasteiger partial charge in [-0.05, 0) is 79.5 Å². The van der Waals surface area contributed by atoms with Gasteiger partial charge in [0.1, 0.15) is 15.5 Å². The molecule has 1 aliphatic rings. The molecule has 0 aliphatic heterocycles. The van der Waals surface area contributed by atoms with E-state index in [1.54, 1.807) is 7.11 Å². The molecule has 0 fully saturated rings. The molecule has 6 heteroatoms. The van der Waals surface area contributed by atoms with Crippen LogP contribution in [0.25, 0.3) is 10.2 Å². The molecule has 0 spiro atoms. The number of ether oxygens (including phenoxy) is 1. The molecule has 0 atom stereocenters. The normalized spacial score (nSPS) is 13.0. The summed E-state index contributed by atoms with van der Waals surface area (Å²) in [5.41, 5.74) is 12.9. The molecule has 2 aromatic carbocycles. The summed E-state index contributed by atoms with van der Waals surface area (Å²) < 4.78 is 5.19. The first-order valence-corrected chi connectivity index (χ1v) is 12.2. The highest BCUT2D eigenvalue weighted by atomic mass is 32.1. The number of rotatable bonds is 6. The van der Waals surface area contributed by atoms with Crippen molar-refractivity contribution >= 4 is 38.8 Å². The molecule has 5 rings (SSSR count). The number of fused-ring (bicyclic) bond motifs is 3. The molecule has 0 bridgehead atoms. The van der Waals surface area contributed by atoms with Crippen molar-refractivity contribution in [2.75, 3.05) is 18.2 Å². The van der Waals surface area contributed by atoms with Gasteiger partial charge in [0.15, 0.2) is 0 Å². The Labute approximate surface area is 197 Å². The molecule has 4 aromatic rings. The van der Waals surface area contributed by atoms with E-state index in [2.05, 4.69) is 29.6 Å². The van der Waals surface area contributed by atoms with Crippen LogP contribution >= 0.6 is 11.3 Å². The molecule has 0 unspecified atom stereocenters. The second kappa shape index (κ2) is 9.24. The number of nitrogens with two attached hydrogens (primary N) is 1. The summed E-state index contributed by atoms with van der Waals surface area (Å²) >= 11 is 1.39. The number of amides is 1. The van der Waals surface area contributed by atoms with Gasteiger partial charge in [-0.1, -0.05) is 30.3 Å². The van der Waals surface area contributed by atoms with Crippen LogP contribution < -0.4 is 15.8 Å². The first-order chi connectivity index (χ1) is 16.1. The highest BCUT2D eigenvalue weighted by molar-refractivity contribution is 7.21. The average Bonchev–Trinajstić information content (AvgIpc) is 3.20. The molecule has 0 radical (unpaired) electrons. The third kappa shape index (κ3) is 4.31. The fourth-order valence-corrected chi connectivity index (χ4v) is 5.68. The molecule has 0 saturated heterocycles. The Balaban J connectivity index is 1.48. The van der Waals surface area contributed by atoms with Crippen LogP contribution in [0.5, 0.6) is 5.75 Å². The van der Waals surface area contributed by atoms with Crippen molar-refractivity contribution in [1.29, 1.82) is 0 Å². The minimum atomic E-state index is -0.198. The Morgan fingerprint density at radius 1 is 1.03 bits per heavy atom. The topological polar surface area (TPSA) is 77.2 Å². The molecule has 168 valence electrons. The lowest BCUT2D eigenvalue weighted by Crippen LogP contribution is -2.12. The number of hydrogen-bond donors (Lipinski definition) is 2. The van der Waals surface area contributed by atoms with Gasteiger partial charge in [0.2, 0.25) is 0 Å². The molecule has 3 N–H and O–H groups in total. The minimum absolute atomic E-state index is 0.198. The van der Waals surface area contributed by atoms with Crippen molar-refractivity contribution in [1.82, 2.24) is 4.98 Å². The number of aryl methyl sites for hydroxylation is 3. The molecular weight excluding hydrogens is 430 g/mol. The Kier molecular flexibility index (Phi) is 6.01. The summed E-state index contributed by atoms with van der Waals surface area (Å²) in [6.45, 7) is 0. The van der Waals surface area contributed by atoms with Crippen LogP contribution in [0.3, 0.4) is 0 Å². The summed E-state index contributed by atoms with van der Waals surface area (Å²) in [4.78, 5) is 19.5. The van der Waals surface area contributed by atoms with Crippen LogP contribution in [0.1, 0.15) is 44.9 Å². The number of hydrogen-bond acceptors (Lipinski definition) is 5. The molecule has 33 heavy (non-hydrogen) atoms. The quantitative estimate of drug-likeness (QED) is 0.383. The molecule has 5 nitrogen and oxygen atoms in total. The van der Waals surface area contributed by atoms with Crippen LogP contribution in [-0.4, -0.2) is 18.0 Å². The van der Waals surface area contributed by atoms with E-state index in [4.69, 9.17) is 15.5 Å². The number of benzene rings is 2. The van der Waals surface area contributed by atoms with E-state index in [1.807, 2.05) is 30.3 Å². The Morgan fingerprint density at radius 3 is 2.48 bits per heavy atom. The number of methoxy groups -OCH3 is 1. The summed E-state index contributed by atoms with van der Waals surface area (Å²) in [5, 5.41) is 3.95. The van der Waals surface area contributed by atoms with Crippen molar-refractivity contribution in [3.63, 3.8) is 0 Å². The predicted molar refractivity (Wildman–Crippen MR) is 135 cm³/mol. The maximum Gasteiger partial charge on any atom is 0.267 e. The summed E-state index contributed by atoms with van der Waals surface area (Å²) in [7, 11) is 1.62. The minimum Gasteiger partial charge on any atom is -0.497 e. The fraction of sp³-hybridized carbons (Fsp3) is 0.259. The molecule has 2 heterocycles. The third-order valence-electron chi connectivity index (χ3n) is 6.33. The van der Waals surface area contributed by atoms with Gasteiger partial charge in [0, 0.05) is 16.8 Å². The Hall–Kier alpha value is -3.38. The van der Waals surface area contributed by atoms with Gasteiger partial charge >= 0.3 is 0 Å². The van der Waals surface area contributed by atoms with E-state index in [1.165, 1.54) is 34.4 Å². The van der Waals surface area contributed by atoms with Gasteiger partial charge in [-0.2, -0.15) is 0 Å². The smallest absolute Gasteiger partial charge is 0.267 e. The van der Waals surface area contributed by atoms with Crippen LogP contribution in [-0.2, 0) is 25.7 Å². The molecule has 0 saturated carbocycles. The number of aromatic nitrogens is 1. The van der Waals surface area contributed by atoms with Crippen molar-refractivity contribution < 1.29 is 9.53 Å². The number of nitrogens with one attached hydrogen (secondary N) is 1. The zero-order valence-electron chi connectivity index (χ0n) is 18.7. The van der Waals surface area contributed by atoms with E-state index in [-0.39, 0.29) is 5.91 Å². The first-order valence-electron chi connectivity index (χ1n) is 11.4. The zero-order valence-corrected chi connectivity index (χ0v) is 19.5. The lowest BCUT2D eigenvalue weighted by molar-refractivity contribution is 0.103. The standard InChI is InChI=1S/C27H27N3O2S/c1-32-19-14-12-18(13-15-19)29-26(31)25-24(28)23-21-10-6-5-9-20(21)22(30-27(23)33-25)16-11-17-7-3-2-4-8-17/h2-4,7-8,12-15H,5-6,9-11,16,28H2,1H3,(H,29,31). The van der Waals surface area contributed by atoms with Crippen LogP contribution in [0, 0.1) is 0 Å². The maximum absolute atomic E-state index is 13.1. The summed E-state index contributed by atoms with van der Waals surface area (Å²) in [6, 6.07) is 17.8. The number of thiophene rings is 1. The van der Waals surface area contributed by atoms with Crippen molar-refractivity contribution in [2.45, 2.75) is 38.5 Å². The number of pyridine rings is 1. The van der Waals surface area contributed by atoms with Crippen LogP contribution in [0.15, 0.2) is 54.6 Å².